The molecule has 0 aromatic carbocycles. The van der Waals surface area contributed by atoms with Crippen molar-refractivity contribution in [3.63, 3.8) is 0 Å². The summed E-state index contributed by atoms with van der Waals surface area (Å²) < 4.78 is 0. The molecule has 0 amide bonds. The van der Waals surface area contributed by atoms with Crippen molar-refractivity contribution < 1.29 is 0 Å². The topological polar surface area (TPSA) is 54.7 Å². The summed E-state index contributed by atoms with van der Waals surface area (Å²) in [6.07, 6.45) is 5.20. The Bertz CT molecular complexity index is 349. The van der Waals surface area contributed by atoms with Crippen molar-refractivity contribution in [2.24, 2.45) is 5.41 Å². The fourth-order valence-electron chi connectivity index (χ4n) is 2.52. The predicted octanol–water partition coefficient (Wildman–Crippen LogP) is 1.82. The monoisotopic (exact) mass is 177 g/mol. The molecular weight excluding hydrogens is 162 g/mol. The van der Waals surface area contributed by atoms with E-state index in [1.807, 2.05) is 0 Å². The lowest BCUT2D eigenvalue weighted by Crippen LogP contribution is -1.93. The predicted molar refractivity (Wildman–Crippen MR) is 51.4 cm³/mol. The van der Waals surface area contributed by atoms with Gasteiger partial charge in [0.1, 0.15) is 5.82 Å². The van der Waals surface area contributed by atoms with Gasteiger partial charge < -0.3 is 5.73 Å². The molecule has 70 valence electrons. The van der Waals surface area contributed by atoms with Crippen molar-refractivity contribution in [2.75, 3.05) is 5.73 Å². The normalized spacial score (nSPS) is 27.9. The van der Waals surface area contributed by atoms with Gasteiger partial charge in [-0.1, -0.05) is 6.92 Å². The van der Waals surface area contributed by atoms with Crippen LogP contribution in [-0.2, 0) is 6.42 Å². The summed E-state index contributed by atoms with van der Waals surface area (Å²) in [6.45, 7) is 2.15. The van der Waals surface area contributed by atoms with Crippen LogP contribution >= 0.6 is 0 Å². The molecule has 0 aliphatic heterocycles. The smallest absolute Gasteiger partial charge is 0.148 e. The minimum atomic E-state index is 0.697. The molecular formula is C10H15N3. The number of H-pyrrole nitrogens is 1. The van der Waals surface area contributed by atoms with Crippen LogP contribution in [0.5, 0.6) is 0 Å². The lowest BCUT2D eigenvalue weighted by Gasteiger charge is -1.98. The van der Waals surface area contributed by atoms with E-state index >= 15 is 0 Å². The number of nitrogens with two attached hydrogens (primary N) is 1. The maximum atomic E-state index is 5.78. The van der Waals surface area contributed by atoms with Crippen LogP contribution in [0.3, 0.4) is 0 Å². The SMILES string of the molecule is CCc1c(N)n[nH]c1C1CC12CC2. The van der Waals surface area contributed by atoms with E-state index < -0.39 is 0 Å². The quantitative estimate of drug-likeness (QED) is 0.724. The maximum absolute atomic E-state index is 5.78. The van der Waals surface area contributed by atoms with Crippen LogP contribution in [-0.4, -0.2) is 10.2 Å². The van der Waals surface area contributed by atoms with E-state index in [4.69, 9.17) is 5.73 Å². The third kappa shape index (κ3) is 0.872. The molecule has 3 N–H and O–H groups in total. The Morgan fingerprint density at radius 1 is 1.62 bits per heavy atom. The first-order chi connectivity index (χ1) is 6.27. The van der Waals surface area contributed by atoms with Gasteiger partial charge in [-0.25, -0.2) is 0 Å². The molecule has 2 aliphatic carbocycles. The molecule has 1 aromatic heterocycles. The minimum absolute atomic E-state index is 0.697. The fraction of sp³-hybridized carbons (Fsp3) is 0.700. The van der Waals surface area contributed by atoms with Crippen LogP contribution < -0.4 is 5.73 Å². The minimum Gasteiger partial charge on any atom is -0.382 e. The van der Waals surface area contributed by atoms with Gasteiger partial charge >= 0.3 is 0 Å². The number of rotatable bonds is 2. The Labute approximate surface area is 77.7 Å². The van der Waals surface area contributed by atoms with E-state index in [2.05, 4.69) is 17.1 Å². The highest BCUT2D eigenvalue weighted by Crippen LogP contribution is 2.75. The zero-order chi connectivity index (χ0) is 9.05. The van der Waals surface area contributed by atoms with Gasteiger partial charge in [0.15, 0.2) is 0 Å². The standard InChI is InChI=1S/C10H15N3/c1-2-6-8(12-13-9(6)11)7-5-10(7)3-4-10/h7H,2-5H2,1H3,(H3,11,12,13). The molecule has 2 aliphatic rings. The maximum Gasteiger partial charge on any atom is 0.148 e. The molecule has 0 saturated heterocycles. The molecule has 3 nitrogen and oxygen atoms in total. The van der Waals surface area contributed by atoms with Crippen LogP contribution in [0.25, 0.3) is 0 Å². The van der Waals surface area contributed by atoms with Crippen molar-refractivity contribution in [1.29, 1.82) is 0 Å². The van der Waals surface area contributed by atoms with Crippen molar-refractivity contribution in [3.05, 3.63) is 11.3 Å². The van der Waals surface area contributed by atoms with Crippen molar-refractivity contribution >= 4 is 5.82 Å². The van der Waals surface area contributed by atoms with Gasteiger partial charge in [0.2, 0.25) is 0 Å². The van der Waals surface area contributed by atoms with Crippen LogP contribution in [0.4, 0.5) is 5.82 Å². The van der Waals surface area contributed by atoms with E-state index in [1.54, 1.807) is 0 Å². The van der Waals surface area contributed by atoms with Gasteiger partial charge in [-0.3, -0.25) is 5.10 Å². The van der Waals surface area contributed by atoms with Gasteiger partial charge in [-0.2, -0.15) is 5.10 Å². The molecule has 1 unspecified atom stereocenters. The van der Waals surface area contributed by atoms with E-state index in [0.717, 1.165) is 12.3 Å². The summed E-state index contributed by atoms with van der Waals surface area (Å²) in [5, 5.41) is 7.20. The lowest BCUT2D eigenvalue weighted by molar-refractivity contribution is 0.805. The Morgan fingerprint density at radius 3 is 2.92 bits per heavy atom. The molecule has 2 fully saturated rings. The number of anilines is 1. The number of hydrogen-bond donors (Lipinski definition) is 2. The number of aromatic nitrogens is 2. The van der Waals surface area contributed by atoms with E-state index in [9.17, 15) is 0 Å². The summed E-state index contributed by atoms with van der Waals surface area (Å²) in [4.78, 5) is 0. The average molecular weight is 177 g/mol. The average Bonchev–Trinajstić information content (AvgIpc) is 3.01. The Kier molecular flexibility index (Phi) is 1.19. The molecule has 3 heteroatoms. The van der Waals surface area contributed by atoms with E-state index in [0.29, 0.717) is 11.2 Å². The largest absolute Gasteiger partial charge is 0.382 e. The summed E-state index contributed by atoms with van der Waals surface area (Å²) in [6, 6.07) is 0. The molecule has 3 rings (SSSR count). The number of nitrogens with zero attached hydrogens (tertiary/aromatic N) is 1. The highest BCUT2D eigenvalue weighted by Gasteiger charge is 2.64. The van der Waals surface area contributed by atoms with Gasteiger partial charge in [0.25, 0.3) is 0 Å². The highest BCUT2D eigenvalue weighted by molar-refractivity contribution is 5.47. The van der Waals surface area contributed by atoms with Crippen LogP contribution in [0.15, 0.2) is 0 Å². The second-order valence-corrected chi connectivity index (χ2v) is 4.47. The van der Waals surface area contributed by atoms with Gasteiger partial charge in [-0.05, 0) is 31.1 Å². The molecule has 13 heavy (non-hydrogen) atoms. The molecule has 1 spiro atoms. The zero-order valence-electron chi connectivity index (χ0n) is 7.93. The zero-order valence-corrected chi connectivity index (χ0v) is 7.93. The lowest BCUT2D eigenvalue weighted by atomic mass is 10.1. The number of nitrogens with one attached hydrogen (secondary N) is 1. The Balaban J connectivity index is 1.96. The number of hydrogen-bond acceptors (Lipinski definition) is 2. The summed E-state index contributed by atoms with van der Waals surface area (Å²) in [7, 11) is 0. The first kappa shape index (κ1) is 7.42. The third-order valence-corrected chi connectivity index (χ3v) is 3.72. The van der Waals surface area contributed by atoms with Gasteiger partial charge in [0, 0.05) is 17.2 Å². The third-order valence-electron chi connectivity index (χ3n) is 3.72. The van der Waals surface area contributed by atoms with Crippen molar-refractivity contribution in [1.82, 2.24) is 10.2 Å². The van der Waals surface area contributed by atoms with Gasteiger partial charge in [-0.15, -0.1) is 0 Å². The fourth-order valence-corrected chi connectivity index (χ4v) is 2.52. The molecule has 0 bridgehead atoms. The molecule has 0 radical (unpaired) electrons. The molecule has 1 heterocycles. The second-order valence-electron chi connectivity index (χ2n) is 4.47. The van der Waals surface area contributed by atoms with Crippen LogP contribution in [0.1, 0.15) is 43.4 Å². The molecule has 2 saturated carbocycles. The Morgan fingerprint density at radius 2 is 2.38 bits per heavy atom. The first-order valence-corrected chi connectivity index (χ1v) is 5.09. The summed E-state index contributed by atoms with van der Waals surface area (Å²) in [5.74, 6) is 1.47. The van der Waals surface area contributed by atoms with Crippen LogP contribution in [0, 0.1) is 5.41 Å². The van der Waals surface area contributed by atoms with Gasteiger partial charge in [0.05, 0.1) is 0 Å². The highest BCUT2D eigenvalue weighted by atomic mass is 15.2. The summed E-state index contributed by atoms with van der Waals surface area (Å²) >= 11 is 0. The van der Waals surface area contributed by atoms with Crippen molar-refractivity contribution in [3.8, 4) is 0 Å². The van der Waals surface area contributed by atoms with Crippen LogP contribution in [0.2, 0.25) is 0 Å². The Hall–Kier alpha value is -0.990. The molecule has 1 atom stereocenters. The first-order valence-electron chi connectivity index (χ1n) is 5.09. The molecule has 1 aromatic rings. The van der Waals surface area contributed by atoms with Crippen molar-refractivity contribution in [2.45, 2.75) is 38.5 Å². The number of nitrogen functional groups attached to an aromatic ring is 1. The second kappa shape index (κ2) is 2.08. The van der Waals surface area contributed by atoms with E-state index in [1.165, 1.54) is 30.5 Å². The number of aromatic amines is 1. The summed E-state index contributed by atoms with van der Waals surface area (Å²) in [5.41, 5.74) is 9.07. The van der Waals surface area contributed by atoms with E-state index in [-0.39, 0.29) is 0 Å².